The Labute approximate surface area is 91.2 Å². The number of nitrogens with one attached hydrogen (secondary N) is 1. The van der Waals surface area contributed by atoms with E-state index in [0.29, 0.717) is 6.54 Å². The van der Waals surface area contributed by atoms with Crippen molar-refractivity contribution in [3.63, 3.8) is 0 Å². The van der Waals surface area contributed by atoms with Gasteiger partial charge in [-0.25, -0.2) is 0 Å². The van der Waals surface area contributed by atoms with Crippen LogP contribution in [0.1, 0.15) is 39.0 Å². The van der Waals surface area contributed by atoms with Crippen molar-refractivity contribution in [2.24, 2.45) is 11.7 Å². The van der Waals surface area contributed by atoms with Gasteiger partial charge in [-0.3, -0.25) is 4.79 Å². The van der Waals surface area contributed by atoms with Gasteiger partial charge in [-0.2, -0.15) is 0 Å². The third kappa shape index (κ3) is 3.47. The zero-order valence-electron chi connectivity index (χ0n) is 9.46. The van der Waals surface area contributed by atoms with E-state index in [9.17, 15) is 4.79 Å². The Balaban J connectivity index is 2.37. The molecule has 0 aromatic carbocycles. The van der Waals surface area contributed by atoms with E-state index in [0.717, 1.165) is 25.7 Å². The summed E-state index contributed by atoms with van der Waals surface area (Å²) in [6.45, 7) is 2.50. The third-order valence-corrected chi connectivity index (χ3v) is 3.12. The third-order valence-electron chi connectivity index (χ3n) is 3.12. The smallest absolute Gasteiger partial charge is 0.240 e. The maximum absolute atomic E-state index is 11.8. The molecule has 4 heteroatoms. The second-order valence-corrected chi connectivity index (χ2v) is 4.71. The van der Waals surface area contributed by atoms with Gasteiger partial charge in [0.2, 0.25) is 5.91 Å². The lowest BCUT2D eigenvalue weighted by atomic mass is 9.82. The van der Waals surface area contributed by atoms with Crippen LogP contribution in [-0.4, -0.2) is 29.7 Å². The van der Waals surface area contributed by atoms with E-state index < -0.39 is 5.54 Å². The summed E-state index contributed by atoms with van der Waals surface area (Å²) in [6, 6.07) is 0. The van der Waals surface area contributed by atoms with Crippen molar-refractivity contribution in [2.45, 2.75) is 44.6 Å². The molecule has 0 bridgehead atoms. The zero-order chi connectivity index (χ0) is 11.3. The van der Waals surface area contributed by atoms with E-state index in [2.05, 4.69) is 5.32 Å². The highest BCUT2D eigenvalue weighted by Crippen LogP contribution is 2.25. The Morgan fingerprint density at radius 2 is 2.07 bits per heavy atom. The van der Waals surface area contributed by atoms with Crippen LogP contribution in [-0.2, 0) is 4.79 Å². The maximum Gasteiger partial charge on any atom is 0.240 e. The molecule has 1 aliphatic rings. The molecule has 1 aliphatic carbocycles. The first kappa shape index (κ1) is 12.5. The summed E-state index contributed by atoms with van der Waals surface area (Å²) in [4.78, 5) is 11.8. The summed E-state index contributed by atoms with van der Waals surface area (Å²) in [6.07, 6.45) is 4.83. The molecule has 0 aliphatic heterocycles. The molecule has 1 unspecified atom stereocenters. The van der Waals surface area contributed by atoms with E-state index in [1.165, 1.54) is 6.42 Å². The van der Waals surface area contributed by atoms with Gasteiger partial charge >= 0.3 is 0 Å². The van der Waals surface area contributed by atoms with Crippen molar-refractivity contribution < 1.29 is 9.90 Å². The molecule has 1 saturated carbocycles. The van der Waals surface area contributed by atoms with Crippen LogP contribution in [0.2, 0.25) is 0 Å². The SMILES string of the molecule is CC(CO)CNC(=O)C1(N)CCCCC1. The molecule has 1 rings (SSSR count). The van der Waals surface area contributed by atoms with Crippen LogP contribution in [0.15, 0.2) is 0 Å². The fraction of sp³-hybridized carbons (Fsp3) is 0.909. The van der Waals surface area contributed by atoms with E-state index in [-0.39, 0.29) is 18.4 Å². The second kappa shape index (κ2) is 5.47. The summed E-state index contributed by atoms with van der Waals surface area (Å²) in [5.74, 6) is 0.0450. The maximum atomic E-state index is 11.8. The van der Waals surface area contributed by atoms with Crippen molar-refractivity contribution in [2.75, 3.05) is 13.2 Å². The first-order valence-corrected chi connectivity index (χ1v) is 5.76. The number of aliphatic hydroxyl groups excluding tert-OH is 1. The van der Waals surface area contributed by atoms with Gasteiger partial charge in [0.05, 0.1) is 5.54 Å². The van der Waals surface area contributed by atoms with Gasteiger partial charge < -0.3 is 16.2 Å². The van der Waals surface area contributed by atoms with Crippen molar-refractivity contribution >= 4 is 5.91 Å². The Kier molecular flexibility index (Phi) is 4.54. The molecular formula is C11H22N2O2. The van der Waals surface area contributed by atoms with Crippen LogP contribution in [0.25, 0.3) is 0 Å². The first-order chi connectivity index (χ1) is 7.08. The molecule has 1 amide bonds. The summed E-state index contributed by atoms with van der Waals surface area (Å²) in [5, 5.41) is 11.7. The summed E-state index contributed by atoms with van der Waals surface area (Å²) in [5.41, 5.74) is 5.40. The predicted octanol–water partition coefficient (Wildman–Crippen LogP) is 0.393. The predicted molar refractivity (Wildman–Crippen MR) is 59.3 cm³/mol. The number of carbonyl (C=O) groups is 1. The molecular weight excluding hydrogens is 192 g/mol. The highest BCUT2D eigenvalue weighted by atomic mass is 16.3. The van der Waals surface area contributed by atoms with Crippen molar-refractivity contribution in [3.05, 3.63) is 0 Å². The van der Waals surface area contributed by atoms with Crippen LogP contribution in [0.3, 0.4) is 0 Å². The molecule has 0 aromatic heterocycles. The lowest BCUT2D eigenvalue weighted by molar-refractivity contribution is -0.127. The van der Waals surface area contributed by atoms with Gasteiger partial charge in [0.15, 0.2) is 0 Å². The summed E-state index contributed by atoms with van der Waals surface area (Å²) >= 11 is 0. The Hall–Kier alpha value is -0.610. The summed E-state index contributed by atoms with van der Waals surface area (Å²) in [7, 11) is 0. The molecule has 15 heavy (non-hydrogen) atoms. The molecule has 4 nitrogen and oxygen atoms in total. The van der Waals surface area contributed by atoms with Crippen LogP contribution in [0.4, 0.5) is 0 Å². The number of aliphatic hydroxyl groups is 1. The van der Waals surface area contributed by atoms with Gasteiger partial charge in [-0.1, -0.05) is 26.2 Å². The molecule has 0 heterocycles. The van der Waals surface area contributed by atoms with E-state index >= 15 is 0 Å². The summed E-state index contributed by atoms with van der Waals surface area (Å²) < 4.78 is 0. The number of hydrogen-bond donors (Lipinski definition) is 3. The average molecular weight is 214 g/mol. The Morgan fingerprint density at radius 1 is 1.47 bits per heavy atom. The van der Waals surface area contributed by atoms with Crippen molar-refractivity contribution in [1.29, 1.82) is 0 Å². The lowest BCUT2D eigenvalue weighted by Crippen LogP contribution is -2.55. The van der Waals surface area contributed by atoms with Crippen molar-refractivity contribution in [1.82, 2.24) is 5.32 Å². The first-order valence-electron chi connectivity index (χ1n) is 5.76. The fourth-order valence-corrected chi connectivity index (χ4v) is 1.92. The Bertz CT molecular complexity index is 213. The number of hydrogen-bond acceptors (Lipinski definition) is 3. The molecule has 0 spiro atoms. The van der Waals surface area contributed by atoms with Crippen LogP contribution in [0.5, 0.6) is 0 Å². The highest BCUT2D eigenvalue weighted by molar-refractivity contribution is 5.86. The van der Waals surface area contributed by atoms with Gasteiger partial charge in [-0.15, -0.1) is 0 Å². The number of carbonyl (C=O) groups excluding carboxylic acids is 1. The standard InChI is InChI=1S/C11H22N2O2/c1-9(8-14)7-13-10(15)11(12)5-3-2-4-6-11/h9,14H,2-8,12H2,1H3,(H,13,15). The van der Waals surface area contributed by atoms with Gasteiger partial charge in [-0.05, 0) is 18.8 Å². The van der Waals surface area contributed by atoms with Crippen LogP contribution >= 0.6 is 0 Å². The van der Waals surface area contributed by atoms with Crippen LogP contribution in [0, 0.1) is 5.92 Å². The molecule has 1 atom stereocenters. The number of rotatable bonds is 4. The average Bonchev–Trinajstić information content (AvgIpc) is 2.26. The zero-order valence-corrected chi connectivity index (χ0v) is 9.46. The van der Waals surface area contributed by atoms with Gasteiger partial charge in [0.1, 0.15) is 0 Å². The normalized spacial score (nSPS) is 22.1. The minimum Gasteiger partial charge on any atom is -0.396 e. The Morgan fingerprint density at radius 3 is 2.60 bits per heavy atom. The van der Waals surface area contributed by atoms with Crippen LogP contribution < -0.4 is 11.1 Å². The molecule has 0 aromatic rings. The van der Waals surface area contributed by atoms with Gasteiger partial charge in [0, 0.05) is 13.2 Å². The second-order valence-electron chi connectivity index (χ2n) is 4.71. The molecule has 1 fully saturated rings. The molecule has 0 saturated heterocycles. The number of nitrogens with two attached hydrogens (primary N) is 1. The quantitative estimate of drug-likeness (QED) is 0.634. The van der Waals surface area contributed by atoms with Crippen molar-refractivity contribution in [3.8, 4) is 0 Å². The molecule has 4 N–H and O–H groups in total. The topological polar surface area (TPSA) is 75.3 Å². The lowest BCUT2D eigenvalue weighted by Gasteiger charge is -2.32. The van der Waals surface area contributed by atoms with E-state index in [1.807, 2.05) is 6.92 Å². The van der Waals surface area contributed by atoms with E-state index in [1.54, 1.807) is 0 Å². The molecule has 88 valence electrons. The fourth-order valence-electron chi connectivity index (χ4n) is 1.92. The highest BCUT2D eigenvalue weighted by Gasteiger charge is 2.34. The van der Waals surface area contributed by atoms with E-state index in [4.69, 9.17) is 10.8 Å². The largest absolute Gasteiger partial charge is 0.396 e. The van der Waals surface area contributed by atoms with Gasteiger partial charge in [0.25, 0.3) is 0 Å². The minimum absolute atomic E-state index is 0.0532. The number of amides is 1. The monoisotopic (exact) mass is 214 g/mol. The molecule has 0 radical (unpaired) electrons. The minimum atomic E-state index is -0.659.